The van der Waals surface area contributed by atoms with Gasteiger partial charge in [-0.2, -0.15) is 4.68 Å². The average molecular weight is 303 g/mol. The molecule has 5 nitrogen and oxygen atoms in total. The molecule has 1 aromatic heterocycles. The van der Waals surface area contributed by atoms with Crippen LogP contribution >= 0.6 is 12.2 Å². The summed E-state index contributed by atoms with van der Waals surface area (Å²) in [5, 5.41) is 8.52. The predicted octanol–water partition coefficient (Wildman–Crippen LogP) is 2.86. The lowest BCUT2D eigenvalue weighted by Gasteiger charge is -2.25. The highest BCUT2D eigenvalue weighted by Gasteiger charge is 2.14. The fourth-order valence-electron chi connectivity index (χ4n) is 2.93. The van der Waals surface area contributed by atoms with Crippen LogP contribution in [0.1, 0.15) is 30.4 Å². The second-order valence-electron chi connectivity index (χ2n) is 5.73. The molecule has 0 unspecified atom stereocenters. The molecule has 0 aliphatic carbocycles. The van der Waals surface area contributed by atoms with E-state index in [1.54, 1.807) is 4.68 Å². The largest absolute Gasteiger partial charge is 0.284 e. The number of likely N-dealkylation sites (tertiary alicyclic amines) is 1. The molecule has 0 amide bonds. The van der Waals surface area contributed by atoms with Gasteiger partial charge in [-0.15, -0.1) is 0 Å². The summed E-state index contributed by atoms with van der Waals surface area (Å²) in [6.45, 7) is 7.14. The van der Waals surface area contributed by atoms with Gasteiger partial charge in [0.15, 0.2) is 0 Å². The summed E-state index contributed by atoms with van der Waals surface area (Å²) in [5.41, 5.74) is 3.37. The molecule has 21 heavy (non-hydrogen) atoms. The van der Waals surface area contributed by atoms with Gasteiger partial charge < -0.3 is 0 Å². The number of tetrazole rings is 1. The van der Waals surface area contributed by atoms with Gasteiger partial charge in [-0.1, -0.05) is 24.6 Å². The van der Waals surface area contributed by atoms with Crippen molar-refractivity contribution in [2.24, 2.45) is 0 Å². The number of hydrogen-bond donors (Lipinski definition) is 0. The van der Waals surface area contributed by atoms with Crippen molar-refractivity contribution < 1.29 is 0 Å². The van der Waals surface area contributed by atoms with Crippen LogP contribution < -0.4 is 0 Å². The molecule has 2 aromatic rings. The Morgan fingerprint density at radius 1 is 1.05 bits per heavy atom. The first-order valence-corrected chi connectivity index (χ1v) is 7.89. The van der Waals surface area contributed by atoms with E-state index in [4.69, 9.17) is 12.2 Å². The van der Waals surface area contributed by atoms with Crippen LogP contribution in [0.15, 0.2) is 18.2 Å². The summed E-state index contributed by atoms with van der Waals surface area (Å²) < 4.78 is 4.27. The maximum atomic E-state index is 5.57. The highest BCUT2D eigenvalue weighted by molar-refractivity contribution is 7.71. The number of rotatable bonds is 3. The number of nitrogens with zero attached hydrogens (tertiary/aromatic N) is 5. The molecule has 1 aliphatic heterocycles. The molecule has 0 radical (unpaired) electrons. The van der Waals surface area contributed by atoms with E-state index in [0.717, 1.165) is 36.6 Å². The summed E-state index contributed by atoms with van der Waals surface area (Å²) >= 11 is 5.57. The third-order valence-electron chi connectivity index (χ3n) is 4.07. The summed E-state index contributed by atoms with van der Waals surface area (Å²) in [4.78, 5) is 2.39. The lowest BCUT2D eigenvalue weighted by atomic mass is 10.1. The number of aromatic nitrogens is 4. The van der Waals surface area contributed by atoms with Crippen molar-refractivity contribution in [1.82, 2.24) is 24.7 Å². The standard InChI is InChI=1S/C15H21N5S/c1-12-7-6-8-13(2)14(12)20-15(21)19(16-17-20)11-18-9-4-3-5-10-18/h6-8H,3-5,9-11H2,1-2H3. The first kappa shape index (κ1) is 14.4. The van der Waals surface area contributed by atoms with Crippen LogP contribution in [0.5, 0.6) is 0 Å². The van der Waals surface area contributed by atoms with E-state index in [1.165, 1.54) is 19.3 Å². The van der Waals surface area contributed by atoms with E-state index in [-0.39, 0.29) is 0 Å². The van der Waals surface area contributed by atoms with Crippen molar-refractivity contribution in [3.63, 3.8) is 0 Å². The Bertz CT molecular complexity index is 661. The number of piperidine rings is 1. The van der Waals surface area contributed by atoms with E-state index in [2.05, 4.69) is 47.4 Å². The number of benzene rings is 1. The zero-order chi connectivity index (χ0) is 14.8. The molecule has 0 N–H and O–H groups in total. The lowest BCUT2D eigenvalue weighted by Crippen LogP contribution is -2.32. The van der Waals surface area contributed by atoms with Gasteiger partial charge in [0.05, 0.1) is 12.4 Å². The molecule has 1 saturated heterocycles. The third-order valence-corrected chi connectivity index (χ3v) is 4.46. The topological polar surface area (TPSA) is 38.9 Å². The molecule has 3 rings (SSSR count). The zero-order valence-electron chi connectivity index (χ0n) is 12.6. The Morgan fingerprint density at radius 2 is 1.71 bits per heavy atom. The number of para-hydroxylation sites is 1. The smallest absolute Gasteiger partial charge is 0.221 e. The first-order chi connectivity index (χ1) is 10.2. The van der Waals surface area contributed by atoms with Crippen LogP contribution in [0, 0.1) is 18.6 Å². The lowest BCUT2D eigenvalue weighted by molar-refractivity contribution is 0.171. The van der Waals surface area contributed by atoms with Crippen LogP contribution in [0.2, 0.25) is 0 Å². The molecule has 0 spiro atoms. The van der Waals surface area contributed by atoms with Gasteiger partial charge in [-0.25, -0.2) is 4.68 Å². The SMILES string of the molecule is Cc1cccc(C)c1-n1nnn(CN2CCCCC2)c1=S. The molecule has 2 heterocycles. The van der Waals surface area contributed by atoms with Crippen molar-refractivity contribution in [2.75, 3.05) is 13.1 Å². The fourth-order valence-corrected chi connectivity index (χ4v) is 3.16. The highest BCUT2D eigenvalue weighted by atomic mass is 32.1. The quantitative estimate of drug-likeness (QED) is 0.817. The minimum Gasteiger partial charge on any atom is -0.284 e. The van der Waals surface area contributed by atoms with Gasteiger partial charge in [0.2, 0.25) is 4.77 Å². The summed E-state index contributed by atoms with van der Waals surface area (Å²) in [7, 11) is 0. The van der Waals surface area contributed by atoms with Gasteiger partial charge >= 0.3 is 0 Å². The molecule has 1 aromatic carbocycles. The second-order valence-corrected chi connectivity index (χ2v) is 6.10. The van der Waals surface area contributed by atoms with E-state index < -0.39 is 0 Å². The Kier molecular flexibility index (Phi) is 4.17. The molecule has 1 aliphatic rings. The second kappa shape index (κ2) is 6.07. The van der Waals surface area contributed by atoms with Crippen molar-refractivity contribution >= 4 is 12.2 Å². The summed E-state index contributed by atoms with van der Waals surface area (Å²) in [6, 6.07) is 6.21. The van der Waals surface area contributed by atoms with Crippen molar-refractivity contribution in [2.45, 2.75) is 39.8 Å². The Labute approximate surface area is 130 Å². The van der Waals surface area contributed by atoms with E-state index >= 15 is 0 Å². The minimum absolute atomic E-state index is 0.665. The molecule has 0 saturated carbocycles. The van der Waals surface area contributed by atoms with E-state index in [1.807, 2.05) is 4.68 Å². The molecule has 0 bridgehead atoms. The number of aryl methyl sites for hydroxylation is 2. The Balaban J connectivity index is 1.90. The van der Waals surface area contributed by atoms with Gasteiger partial charge in [0, 0.05) is 0 Å². The fraction of sp³-hybridized carbons (Fsp3) is 0.533. The maximum Gasteiger partial charge on any atom is 0.221 e. The van der Waals surface area contributed by atoms with Gasteiger partial charge in [-0.05, 0) is 73.6 Å². The van der Waals surface area contributed by atoms with Gasteiger partial charge in [0.25, 0.3) is 0 Å². The molecular weight excluding hydrogens is 282 g/mol. The highest BCUT2D eigenvalue weighted by Crippen LogP contribution is 2.18. The zero-order valence-corrected chi connectivity index (χ0v) is 13.4. The predicted molar refractivity (Wildman–Crippen MR) is 85.1 cm³/mol. The molecule has 112 valence electrons. The van der Waals surface area contributed by atoms with Crippen LogP contribution in [0.4, 0.5) is 0 Å². The Hall–Kier alpha value is -1.53. The monoisotopic (exact) mass is 303 g/mol. The third kappa shape index (κ3) is 2.91. The molecule has 0 atom stereocenters. The summed E-state index contributed by atoms with van der Waals surface area (Å²) in [5.74, 6) is 0. The van der Waals surface area contributed by atoms with Crippen LogP contribution in [-0.4, -0.2) is 37.8 Å². The number of hydrogen-bond acceptors (Lipinski definition) is 4. The molecule has 1 fully saturated rings. The van der Waals surface area contributed by atoms with E-state index in [9.17, 15) is 0 Å². The van der Waals surface area contributed by atoms with Gasteiger partial charge in [-0.3, -0.25) is 4.90 Å². The van der Waals surface area contributed by atoms with Crippen LogP contribution in [-0.2, 0) is 6.67 Å². The van der Waals surface area contributed by atoms with Gasteiger partial charge in [0.1, 0.15) is 0 Å². The van der Waals surface area contributed by atoms with Crippen molar-refractivity contribution in [3.05, 3.63) is 34.1 Å². The van der Waals surface area contributed by atoms with Crippen LogP contribution in [0.25, 0.3) is 5.69 Å². The van der Waals surface area contributed by atoms with Crippen molar-refractivity contribution in [3.8, 4) is 5.69 Å². The van der Waals surface area contributed by atoms with E-state index in [0.29, 0.717) is 4.77 Å². The molecule has 6 heteroatoms. The van der Waals surface area contributed by atoms with Crippen molar-refractivity contribution in [1.29, 1.82) is 0 Å². The maximum absolute atomic E-state index is 5.57. The average Bonchev–Trinajstić information content (AvgIpc) is 2.82. The first-order valence-electron chi connectivity index (χ1n) is 7.48. The molecular formula is C15H21N5S. The summed E-state index contributed by atoms with van der Waals surface area (Å²) in [6.07, 6.45) is 3.85. The normalized spacial score (nSPS) is 16.3. The minimum atomic E-state index is 0.665. The Morgan fingerprint density at radius 3 is 2.38 bits per heavy atom. The van der Waals surface area contributed by atoms with Crippen LogP contribution in [0.3, 0.4) is 0 Å².